The van der Waals surface area contributed by atoms with E-state index in [1.165, 1.54) is 83.5 Å². The van der Waals surface area contributed by atoms with Gasteiger partial charge in [0.2, 0.25) is 0 Å². The van der Waals surface area contributed by atoms with E-state index in [9.17, 15) is 0 Å². The van der Waals surface area contributed by atoms with Crippen molar-refractivity contribution in [2.75, 3.05) is 0 Å². The topological polar surface area (TPSA) is 0 Å². The summed E-state index contributed by atoms with van der Waals surface area (Å²) >= 11 is 0. The maximum Gasteiger partial charge on any atom is -0.0414 e. The van der Waals surface area contributed by atoms with Crippen LogP contribution in [0.2, 0.25) is 0 Å². The highest BCUT2D eigenvalue weighted by atomic mass is 14.1. The lowest BCUT2D eigenvalue weighted by molar-refractivity contribution is 0.366. The number of hydrogen-bond donors (Lipinski definition) is 0. The lowest BCUT2D eigenvalue weighted by atomic mass is 9.89. The van der Waals surface area contributed by atoms with Crippen LogP contribution in [0.15, 0.2) is 0 Å². The molecule has 0 aliphatic heterocycles. The standard InChI is InChI=1S/C21H44/c1-6-7-16-21(17-12-8-10-14-19(2)3)18-13-9-11-15-20(4)5/h19-21H,6-18H2,1-5H3. The highest BCUT2D eigenvalue weighted by molar-refractivity contribution is 4.61. The molecule has 21 heavy (non-hydrogen) atoms. The second-order valence-electron chi connectivity index (χ2n) is 8.07. The van der Waals surface area contributed by atoms with Gasteiger partial charge >= 0.3 is 0 Å². The zero-order valence-corrected chi connectivity index (χ0v) is 15.9. The first-order chi connectivity index (χ1) is 10.1. The van der Waals surface area contributed by atoms with Crippen molar-refractivity contribution in [3.05, 3.63) is 0 Å². The smallest absolute Gasteiger partial charge is 0.0414 e. The first-order valence-electron chi connectivity index (χ1n) is 10.1. The zero-order valence-electron chi connectivity index (χ0n) is 15.9. The number of rotatable bonds is 15. The summed E-state index contributed by atoms with van der Waals surface area (Å²) in [6, 6.07) is 0. The molecule has 0 unspecified atom stereocenters. The molecule has 0 nitrogen and oxygen atoms in total. The third kappa shape index (κ3) is 16.2. The molecule has 128 valence electrons. The van der Waals surface area contributed by atoms with E-state index in [-0.39, 0.29) is 0 Å². The molecule has 0 atom stereocenters. The van der Waals surface area contributed by atoms with E-state index in [4.69, 9.17) is 0 Å². The molecular formula is C21H44. The van der Waals surface area contributed by atoms with E-state index >= 15 is 0 Å². The molecule has 0 aromatic heterocycles. The van der Waals surface area contributed by atoms with Gasteiger partial charge < -0.3 is 0 Å². The number of hydrogen-bond acceptors (Lipinski definition) is 0. The molecule has 0 aromatic rings. The monoisotopic (exact) mass is 296 g/mol. The highest BCUT2D eigenvalue weighted by Gasteiger charge is 2.08. The minimum absolute atomic E-state index is 0.891. The van der Waals surface area contributed by atoms with Crippen LogP contribution in [0.5, 0.6) is 0 Å². The fraction of sp³-hybridized carbons (Fsp3) is 1.00. The summed E-state index contributed by atoms with van der Waals surface area (Å²) in [5.41, 5.74) is 0. The van der Waals surface area contributed by atoms with Crippen LogP contribution in [0.4, 0.5) is 0 Å². The Labute approximate surface area is 136 Å². The molecular weight excluding hydrogens is 252 g/mol. The molecule has 0 aliphatic rings. The summed E-state index contributed by atoms with van der Waals surface area (Å²) < 4.78 is 0. The fourth-order valence-corrected chi connectivity index (χ4v) is 3.25. The van der Waals surface area contributed by atoms with E-state index in [0.29, 0.717) is 0 Å². The van der Waals surface area contributed by atoms with Crippen LogP contribution >= 0.6 is 0 Å². The molecule has 0 bridgehead atoms. The van der Waals surface area contributed by atoms with Gasteiger partial charge in [-0.15, -0.1) is 0 Å². The van der Waals surface area contributed by atoms with Crippen molar-refractivity contribution >= 4 is 0 Å². The Bertz CT molecular complexity index is 174. The predicted octanol–water partition coefficient (Wildman–Crippen LogP) is 8.01. The fourth-order valence-electron chi connectivity index (χ4n) is 3.25. The van der Waals surface area contributed by atoms with E-state index < -0.39 is 0 Å². The summed E-state index contributed by atoms with van der Waals surface area (Å²) in [4.78, 5) is 0. The Balaban J connectivity index is 3.66. The summed E-state index contributed by atoms with van der Waals surface area (Å²) in [5, 5.41) is 0. The molecule has 0 saturated carbocycles. The molecule has 0 aromatic carbocycles. The minimum atomic E-state index is 0.891. The molecule has 0 heteroatoms. The summed E-state index contributed by atoms with van der Waals surface area (Å²) in [6.07, 6.45) is 19.0. The normalized spacial score (nSPS) is 12.0. The molecule has 0 aliphatic carbocycles. The molecule has 0 amide bonds. The first kappa shape index (κ1) is 21.0. The highest BCUT2D eigenvalue weighted by Crippen LogP contribution is 2.24. The van der Waals surface area contributed by atoms with Gasteiger partial charge in [-0.1, -0.05) is 118 Å². The Morgan fingerprint density at radius 1 is 0.476 bits per heavy atom. The second kappa shape index (κ2) is 14.9. The minimum Gasteiger partial charge on any atom is -0.0654 e. The van der Waals surface area contributed by atoms with Crippen LogP contribution < -0.4 is 0 Å². The van der Waals surface area contributed by atoms with E-state index in [1.54, 1.807) is 0 Å². The molecule has 0 saturated heterocycles. The van der Waals surface area contributed by atoms with Crippen LogP contribution in [0.3, 0.4) is 0 Å². The maximum absolute atomic E-state index is 2.35. The van der Waals surface area contributed by atoms with Crippen LogP contribution in [-0.4, -0.2) is 0 Å². The second-order valence-corrected chi connectivity index (χ2v) is 8.07. The van der Waals surface area contributed by atoms with Crippen molar-refractivity contribution in [1.82, 2.24) is 0 Å². The van der Waals surface area contributed by atoms with Crippen LogP contribution in [0.1, 0.15) is 118 Å². The lowest BCUT2D eigenvalue weighted by Gasteiger charge is -2.17. The summed E-state index contributed by atoms with van der Waals surface area (Å²) in [6.45, 7) is 11.7. The lowest BCUT2D eigenvalue weighted by Crippen LogP contribution is -2.01. The third-order valence-corrected chi connectivity index (χ3v) is 4.75. The van der Waals surface area contributed by atoms with Gasteiger partial charge in [-0.25, -0.2) is 0 Å². The van der Waals surface area contributed by atoms with Gasteiger partial charge in [0.25, 0.3) is 0 Å². The molecule has 0 heterocycles. The van der Waals surface area contributed by atoms with Gasteiger partial charge in [0.15, 0.2) is 0 Å². The molecule has 0 spiro atoms. The van der Waals surface area contributed by atoms with Crippen molar-refractivity contribution in [2.24, 2.45) is 17.8 Å². The number of unbranched alkanes of at least 4 members (excludes halogenated alkanes) is 5. The quantitative estimate of drug-likeness (QED) is 0.268. The van der Waals surface area contributed by atoms with Crippen LogP contribution in [0.25, 0.3) is 0 Å². The van der Waals surface area contributed by atoms with Gasteiger partial charge in [-0.3, -0.25) is 0 Å². The van der Waals surface area contributed by atoms with Crippen LogP contribution in [0, 0.1) is 17.8 Å². The third-order valence-electron chi connectivity index (χ3n) is 4.75. The predicted molar refractivity (Wildman–Crippen MR) is 98.9 cm³/mol. The van der Waals surface area contributed by atoms with E-state index in [2.05, 4.69) is 34.6 Å². The average molecular weight is 297 g/mol. The maximum atomic E-state index is 2.35. The van der Waals surface area contributed by atoms with Crippen LogP contribution in [-0.2, 0) is 0 Å². The van der Waals surface area contributed by atoms with Gasteiger partial charge in [0, 0.05) is 0 Å². The Hall–Kier alpha value is 0. The average Bonchev–Trinajstić information content (AvgIpc) is 2.42. The summed E-state index contributed by atoms with van der Waals surface area (Å²) in [7, 11) is 0. The van der Waals surface area contributed by atoms with Crippen molar-refractivity contribution in [3.63, 3.8) is 0 Å². The van der Waals surface area contributed by atoms with Crippen molar-refractivity contribution in [1.29, 1.82) is 0 Å². The van der Waals surface area contributed by atoms with Crippen molar-refractivity contribution < 1.29 is 0 Å². The Morgan fingerprint density at radius 2 is 0.857 bits per heavy atom. The van der Waals surface area contributed by atoms with E-state index in [1.807, 2.05) is 0 Å². The molecule has 0 N–H and O–H groups in total. The largest absolute Gasteiger partial charge is 0.0654 e. The Morgan fingerprint density at radius 3 is 1.24 bits per heavy atom. The zero-order chi connectivity index (χ0) is 15.9. The van der Waals surface area contributed by atoms with Gasteiger partial charge in [-0.05, 0) is 17.8 Å². The van der Waals surface area contributed by atoms with Gasteiger partial charge in [0.1, 0.15) is 0 Å². The van der Waals surface area contributed by atoms with E-state index in [0.717, 1.165) is 17.8 Å². The van der Waals surface area contributed by atoms with Gasteiger partial charge in [0.05, 0.1) is 0 Å². The Kier molecular flexibility index (Phi) is 14.9. The van der Waals surface area contributed by atoms with Crippen molar-refractivity contribution in [2.45, 2.75) is 118 Å². The molecule has 0 radical (unpaired) electrons. The van der Waals surface area contributed by atoms with Crippen molar-refractivity contribution in [3.8, 4) is 0 Å². The first-order valence-corrected chi connectivity index (χ1v) is 10.1. The molecule has 0 rings (SSSR count). The molecule has 0 fully saturated rings. The van der Waals surface area contributed by atoms with Gasteiger partial charge in [-0.2, -0.15) is 0 Å². The summed E-state index contributed by atoms with van der Waals surface area (Å²) in [5.74, 6) is 2.81. The SMILES string of the molecule is CCCCC(CCCCCC(C)C)CCCCCC(C)C.